The summed E-state index contributed by atoms with van der Waals surface area (Å²) in [5.41, 5.74) is 0. The number of piperidine rings is 1. The molecular formula is C11H15NO4. The van der Waals surface area contributed by atoms with Crippen molar-refractivity contribution in [2.45, 2.75) is 31.3 Å². The van der Waals surface area contributed by atoms with Crippen molar-refractivity contribution < 1.29 is 19.4 Å². The second-order valence-electron chi connectivity index (χ2n) is 4.25. The SMILES string of the molecule is C=CCOC(=O)N1[C@@H]2CC[C@@H](C(=O)O)[C@H]1C2. The molecule has 0 unspecified atom stereocenters. The van der Waals surface area contributed by atoms with E-state index >= 15 is 0 Å². The lowest BCUT2D eigenvalue weighted by Crippen LogP contribution is -2.65. The zero-order valence-electron chi connectivity index (χ0n) is 8.96. The Morgan fingerprint density at radius 1 is 1.50 bits per heavy atom. The predicted octanol–water partition coefficient (Wildman–Crippen LogP) is 1.25. The van der Waals surface area contributed by atoms with Crippen molar-refractivity contribution in [3.05, 3.63) is 12.7 Å². The van der Waals surface area contributed by atoms with Gasteiger partial charge in [0.15, 0.2) is 0 Å². The van der Waals surface area contributed by atoms with Gasteiger partial charge in [-0.15, -0.1) is 0 Å². The van der Waals surface area contributed by atoms with Crippen molar-refractivity contribution in [1.29, 1.82) is 0 Å². The molecule has 3 aliphatic rings. The average molecular weight is 225 g/mol. The fourth-order valence-electron chi connectivity index (χ4n) is 2.60. The summed E-state index contributed by atoms with van der Waals surface area (Å²) in [6, 6.07) is 0.00600. The Labute approximate surface area is 93.7 Å². The lowest BCUT2D eigenvalue weighted by Gasteiger charge is -2.54. The third-order valence-electron chi connectivity index (χ3n) is 3.39. The van der Waals surface area contributed by atoms with Gasteiger partial charge in [0.2, 0.25) is 0 Å². The average Bonchev–Trinajstić information content (AvgIpc) is 2.26. The summed E-state index contributed by atoms with van der Waals surface area (Å²) in [5.74, 6) is -1.24. The molecule has 1 saturated carbocycles. The van der Waals surface area contributed by atoms with Crippen LogP contribution in [0.4, 0.5) is 4.79 Å². The maximum atomic E-state index is 11.6. The first-order chi connectivity index (χ1) is 7.65. The third kappa shape index (κ3) is 1.66. The molecule has 3 atom stereocenters. The van der Waals surface area contributed by atoms with Crippen LogP contribution in [-0.4, -0.2) is 40.8 Å². The van der Waals surface area contributed by atoms with E-state index in [-0.39, 0.29) is 18.7 Å². The Kier molecular flexibility index (Phi) is 2.85. The summed E-state index contributed by atoms with van der Waals surface area (Å²) >= 11 is 0. The highest BCUT2D eigenvalue weighted by atomic mass is 16.6. The molecule has 2 aliphatic heterocycles. The van der Waals surface area contributed by atoms with Gasteiger partial charge in [0, 0.05) is 6.04 Å². The number of nitrogens with zero attached hydrogens (tertiary/aromatic N) is 1. The molecule has 0 aromatic heterocycles. The van der Waals surface area contributed by atoms with Crippen LogP contribution in [0.3, 0.4) is 0 Å². The van der Waals surface area contributed by atoms with Crippen LogP contribution < -0.4 is 0 Å². The molecule has 0 spiro atoms. The van der Waals surface area contributed by atoms with Gasteiger partial charge in [-0.25, -0.2) is 4.79 Å². The lowest BCUT2D eigenvalue weighted by molar-refractivity contribution is -0.152. The van der Waals surface area contributed by atoms with Crippen molar-refractivity contribution in [2.24, 2.45) is 5.92 Å². The highest BCUT2D eigenvalue weighted by Crippen LogP contribution is 2.42. The molecule has 1 amide bonds. The quantitative estimate of drug-likeness (QED) is 0.734. The smallest absolute Gasteiger partial charge is 0.410 e. The second-order valence-corrected chi connectivity index (χ2v) is 4.25. The molecule has 2 heterocycles. The molecule has 88 valence electrons. The molecule has 16 heavy (non-hydrogen) atoms. The first-order valence-corrected chi connectivity index (χ1v) is 5.44. The van der Waals surface area contributed by atoms with Gasteiger partial charge >= 0.3 is 12.1 Å². The number of carboxylic acids is 1. The van der Waals surface area contributed by atoms with E-state index in [4.69, 9.17) is 9.84 Å². The molecule has 5 heteroatoms. The van der Waals surface area contributed by atoms with Gasteiger partial charge in [0.05, 0.1) is 12.0 Å². The van der Waals surface area contributed by atoms with E-state index in [9.17, 15) is 9.59 Å². The van der Waals surface area contributed by atoms with Crippen molar-refractivity contribution in [3.63, 3.8) is 0 Å². The molecule has 3 fully saturated rings. The monoisotopic (exact) mass is 225 g/mol. The number of carbonyl (C=O) groups excluding carboxylic acids is 1. The van der Waals surface area contributed by atoms with E-state index in [1.165, 1.54) is 6.08 Å². The summed E-state index contributed by atoms with van der Waals surface area (Å²) < 4.78 is 4.94. The van der Waals surface area contributed by atoms with Crippen LogP contribution in [0.15, 0.2) is 12.7 Å². The maximum Gasteiger partial charge on any atom is 0.410 e. The van der Waals surface area contributed by atoms with Crippen molar-refractivity contribution in [2.75, 3.05) is 6.61 Å². The number of hydrogen-bond acceptors (Lipinski definition) is 3. The van der Waals surface area contributed by atoms with Gasteiger partial charge in [0.25, 0.3) is 0 Å². The van der Waals surface area contributed by atoms with Gasteiger partial charge in [0.1, 0.15) is 6.61 Å². The summed E-state index contributed by atoms with van der Waals surface area (Å²) in [7, 11) is 0. The van der Waals surface area contributed by atoms with Crippen LogP contribution in [0.5, 0.6) is 0 Å². The number of carboxylic acid groups (broad SMARTS) is 1. The first kappa shape index (κ1) is 11.0. The minimum Gasteiger partial charge on any atom is -0.481 e. The minimum atomic E-state index is -0.815. The summed E-state index contributed by atoms with van der Waals surface area (Å²) in [4.78, 5) is 24.2. The summed E-state index contributed by atoms with van der Waals surface area (Å²) in [6.07, 6.45) is 3.31. The number of ether oxygens (including phenoxy) is 1. The molecular weight excluding hydrogens is 210 g/mol. The molecule has 0 aromatic rings. The normalized spacial score (nSPS) is 31.5. The number of rotatable bonds is 3. The zero-order valence-corrected chi connectivity index (χ0v) is 8.96. The highest BCUT2D eigenvalue weighted by molar-refractivity contribution is 5.75. The van der Waals surface area contributed by atoms with Crippen LogP contribution in [0.1, 0.15) is 19.3 Å². The minimum absolute atomic E-state index is 0.173. The van der Waals surface area contributed by atoms with E-state index in [2.05, 4.69) is 6.58 Å². The van der Waals surface area contributed by atoms with Crippen LogP contribution in [-0.2, 0) is 9.53 Å². The number of amides is 1. The topological polar surface area (TPSA) is 66.8 Å². The van der Waals surface area contributed by atoms with E-state index in [1.54, 1.807) is 4.90 Å². The molecule has 5 nitrogen and oxygen atoms in total. The Balaban J connectivity index is 1.99. The van der Waals surface area contributed by atoms with Crippen molar-refractivity contribution >= 4 is 12.1 Å². The van der Waals surface area contributed by atoms with Gasteiger partial charge in [-0.3, -0.25) is 4.79 Å². The van der Waals surface area contributed by atoms with E-state index in [0.29, 0.717) is 6.42 Å². The van der Waals surface area contributed by atoms with Crippen LogP contribution in [0.2, 0.25) is 0 Å². The number of carbonyl (C=O) groups is 2. The van der Waals surface area contributed by atoms with Crippen molar-refractivity contribution in [3.8, 4) is 0 Å². The Hall–Kier alpha value is -1.52. The number of fused-ring (bicyclic) bond motifs is 2. The molecule has 2 bridgehead atoms. The summed E-state index contributed by atoms with van der Waals surface area (Å²) in [6.45, 7) is 3.63. The molecule has 0 aromatic carbocycles. The molecule has 0 radical (unpaired) electrons. The van der Waals surface area contributed by atoms with Crippen LogP contribution in [0, 0.1) is 5.92 Å². The maximum absolute atomic E-state index is 11.6. The van der Waals surface area contributed by atoms with Crippen molar-refractivity contribution in [1.82, 2.24) is 4.90 Å². The number of hydrogen-bond donors (Lipinski definition) is 1. The Morgan fingerprint density at radius 3 is 2.81 bits per heavy atom. The Morgan fingerprint density at radius 2 is 2.25 bits per heavy atom. The van der Waals surface area contributed by atoms with Gasteiger partial charge < -0.3 is 14.7 Å². The second kappa shape index (κ2) is 4.15. The largest absolute Gasteiger partial charge is 0.481 e. The first-order valence-electron chi connectivity index (χ1n) is 5.44. The molecule has 1 aliphatic carbocycles. The van der Waals surface area contributed by atoms with Gasteiger partial charge in [-0.2, -0.15) is 0 Å². The third-order valence-corrected chi connectivity index (χ3v) is 3.39. The Bertz CT molecular complexity index is 326. The van der Waals surface area contributed by atoms with E-state index < -0.39 is 18.0 Å². The van der Waals surface area contributed by atoms with E-state index in [1.807, 2.05) is 0 Å². The summed E-state index contributed by atoms with van der Waals surface area (Å²) in [5, 5.41) is 9.01. The molecule has 2 saturated heterocycles. The number of aliphatic carboxylic acids is 1. The fourth-order valence-corrected chi connectivity index (χ4v) is 2.60. The van der Waals surface area contributed by atoms with Gasteiger partial charge in [-0.1, -0.05) is 12.7 Å². The highest BCUT2D eigenvalue weighted by Gasteiger charge is 2.52. The van der Waals surface area contributed by atoms with Crippen LogP contribution in [0.25, 0.3) is 0 Å². The zero-order chi connectivity index (χ0) is 11.7. The lowest BCUT2D eigenvalue weighted by atomic mass is 9.73. The van der Waals surface area contributed by atoms with Crippen LogP contribution >= 0.6 is 0 Å². The molecule has 1 N–H and O–H groups in total. The molecule has 3 rings (SSSR count). The predicted molar refractivity (Wildman–Crippen MR) is 55.9 cm³/mol. The van der Waals surface area contributed by atoms with Gasteiger partial charge in [-0.05, 0) is 19.3 Å². The fraction of sp³-hybridized carbons (Fsp3) is 0.636. The standard InChI is InChI=1S/C11H15NO4/c1-2-5-16-11(15)12-7-3-4-8(10(13)14)9(12)6-7/h2,7-9H,1,3-6H2,(H,13,14)/t7-,8-,9-/m1/s1. The van der Waals surface area contributed by atoms with E-state index in [0.717, 1.165) is 12.8 Å².